The van der Waals surface area contributed by atoms with E-state index in [4.69, 9.17) is 0 Å². The summed E-state index contributed by atoms with van der Waals surface area (Å²) >= 11 is 0. The molecular formula is C22H15F2N3O2. The molecule has 1 N–H and O–H groups in total. The molecule has 7 heteroatoms. The molecule has 5 nitrogen and oxygen atoms in total. The molecule has 1 amide bonds. The summed E-state index contributed by atoms with van der Waals surface area (Å²) in [5.41, 5.74) is 0.424. The van der Waals surface area contributed by atoms with E-state index in [1.54, 1.807) is 55.5 Å². The van der Waals surface area contributed by atoms with Gasteiger partial charge in [-0.05, 0) is 49.4 Å². The molecule has 0 atom stereocenters. The minimum absolute atomic E-state index is 0.253. The maximum Gasteiger partial charge on any atom is 0.265 e. The van der Waals surface area contributed by atoms with Gasteiger partial charge in [-0.2, -0.15) is 0 Å². The predicted molar refractivity (Wildman–Crippen MR) is 106 cm³/mol. The molecule has 0 bridgehead atoms. The number of benzene rings is 3. The second kappa shape index (κ2) is 7.27. The average Bonchev–Trinajstić information content (AvgIpc) is 2.68. The molecule has 0 fully saturated rings. The number of anilines is 1. The highest BCUT2D eigenvalue weighted by molar-refractivity contribution is 6.04. The van der Waals surface area contributed by atoms with Gasteiger partial charge in [-0.1, -0.05) is 24.3 Å². The number of hydrogen-bond donors (Lipinski definition) is 1. The monoisotopic (exact) mass is 391 g/mol. The normalized spacial score (nSPS) is 10.9. The molecule has 29 heavy (non-hydrogen) atoms. The van der Waals surface area contributed by atoms with E-state index in [0.717, 1.165) is 12.1 Å². The Morgan fingerprint density at radius 3 is 2.41 bits per heavy atom. The van der Waals surface area contributed by atoms with E-state index in [2.05, 4.69) is 10.3 Å². The van der Waals surface area contributed by atoms with E-state index >= 15 is 0 Å². The minimum atomic E-state index is -0.954. The van der Waals surface area contributed by atoms with Crippen molar-refractivity contribution in [1.29, 1.82) is 0 Å². The van der Waals surface area contributed by atoms with Gasteiger partial charge in [0.25, 0.3) is 11.5 Å². The van der Waals surface area contributed by atoms with Crippen molar-refractivity contribution in [3.05, 3.63) is 100 Å². The van der Waals surface area contributed by atoms with Crippen molar-refractivity contribution in [2.24, 2.45) is 0 Å². The third-order valence-corrected chi connectivity index (χ3v) is 4.50. The van der Waals surface area contributed by atoms with E-state index < -0.39 is 23.1 Å². The van der Waals surface area contributed by atoms with Gasteiger partial charge in [0, 0.05) is 5.69 Å². The predicted octanol–water partition coefficient (Wildman–Crippen LogP) is 4.22. The van der Waals surface area contributed by atoms with Crippen molar-refractivity contribution in [3.8, 4) is 5.69 Å². The highest BCUT2D eigenvalue weighted by Crippen LogP contribution is 2.19. The van der Waals surface area contributed by atoms with Crippen molar-refractivity contribution in [2.45, 2.75) is 6.92 Å². The molecule has 0 spiro atoms. The van der Waals surface area contributed by atoms with Crippen molar-refractivity contribution in [1.82, 2.24) is 9.55 Å². The molecule has 0 aliphatic rings. The first-order valence-electron chi connectivity index (χ1n) is 8.80. The SMILES string of the molecule is Cc1nc2ccccc2c(=O)n1-c1cccc(NC(=O)c2c(F)cccc2F)c1. The van der Waals surface area contributed by atoms with Crippen molar-refractivity contribution in [3.63, 3.8) is 0 Å². The van der Waals surface area contributed by atoms with Crippen LogP contribution in [-0.2, 0) is 0 Å². The standard InChI is InChI=1S/C22H15F2N3O2/c1-13-25-19-11-3-2-8-16(19)22(29)27(13)15-7-4-6-14(12-15)26-21(28)20-17(23)9-5-10-18(20)24/h2-12H,1H3,(H,26,28). The summed E-state index contributed by atoms with van der Waals surface area (Å²) in [5, 5.41) is 2.93. The van der Waals surface area contributed by atoms with Gasteiger partial charge in [0.2, 0.25) is 0 Å². The molecule has 0 saturated carbocycles. The summed E-state index contributed by atoms with van der Waals surface area (Å²) in [6.45, 7) is 1.70. The van der Waals surface area contributed by atoms with Crippen LogP contribution in [0.2, 0.25) is 0 Å². The van der Waals surface area contributed by atoms with Gasteiger partial charge in [0.1, 0.15) is 23.0 Å². The first-order valence-corrected chi connectivity index (χ1v) is 8.80. The quantitative estimate of drug-likeness (QED) is 0.569. The zero-order chi connectivity index (χ0) is 20.5. The maximum atomic E-state index is 13.8. The Balaban J connectivity index is 1.75. The molecule has 3 aromatic carbocycles. The van der Waals surface area contributed by atoms with E-state index in [1.165, 1.54) is 10.6 Å². The Morgan fingerprint density at radius 2 is 1.66 bits per heavy atom. The van der Waals surface area contributed by atoms with Crippen LogP contribution in [0.25, 0.3) is 16.6 Å². The molecule has 144 valence electrons. The lowest BCUT2D eigenvalue weighted by atomic mass is 10.1. The summed E-state index contributed by atoms with van der Waals surface area (Å²) < 4.78 is 29.1. The second-order valence-corrected chi connectivity index (χ2v) is 6.42. The van der Waals surface area contributed by atoms with Gasteiger partial charge in [0.15, 0.2) is 0 Å². The van der Waals surface area contributed by atoms with Gasteiger partial charge in [-0.3, -0.25) is 14.2 Å². The van der Waals surface area contributed by atoms with Crippen LogP contribution >= 0.6 is 0 Å². The number of nitrogens with zero attached hydrogens (tertiary/aromatic N) is 2. The molecule has 0 radical (unpaired) electrons. The zero-order valence-electron chi connectivity index (χ0n) is 15.3. The van der Waals surface area contributed by atoms with Crippen molar-refractivity contribution >= 4 is 22.5 Å². The van der Waals surface area contributed by atoms with Crippen LogP contribution in [0.4, 0.5) is 14.5 Å². The maximum absolute atomic E-state index is 13.8. The number of hydrogen-bond acceptors (Lipinski definition) is 3. The molecular weight excluding hydrogens is 376 g/mol. The van der Waals surface area contributed by atoms with E-state index in [9.17, 15) is 18.4 Å². The van der Waals surface area contributed by atoms with E-state index in [-0.39, 0.29) is 11.2 Å². The molecule has 1 heterocycles. The average molecular weight is 391 g/mol. The van der Waals surface area contributed by atoms with E-state index in [0.29, 0.717) is 22.4 Å². The number of carbonyl (C=O) groups is 1. The van der Waals surface area contributed by atoms with Crippen LogP contribution < -0.4 is 10.9 Å². The Bertz CT molecular complexity index is 1290. The summed E-state index contributed by atoms with van der Waals surface area (Å²) in [5.74, 6) is -2.36. The molecule has 0 unspecified atom stereocenters. The fourth-order valence-corrected chi connectivity index (χ4v) is 3.18. The Hall–Kier alpha value is -3.87. The fourth-order valence-electron chi connectivity index (χ4n) is 3.18. The second-order valence-electron chi connectivity index (χ2n) is 6.42. The van der Waals surface area contributed by atoms with Crippen LogP contribution in [0.15, 0.2) is 71.5 Å². The smallest absolute Gasteiger partial charge is 0.265 e. The number of para-hydroxylation sites is 1. The third kappa shape index (κ3) is 3.38. The number of rotatable bonds is 3. The van der Waals surface area contributed by atoms with Crippen LogP contribution in [0.3, 0.4) is 0 Å². The van der Waals surface area contributed by atoms with Gasteiger partial charge >= 0.3 is 0 Å². The first kappa shape index (κ1) is 18.5. The Labute approximate surface area is 164 Å². The van der Waals surface area contributed by atoms with Crippen molar-refractivity contribution < 1.29 is 13.6 Å². The number of nitrogens with one attached hydrogen (secondary N) is 1. The topological polar surface area (TPSA) is 64.0 Å². The number of carbonyl (C=O) groups excluding carboxylic acids is 1. The number of halogens is 2. The zero-order valence-corrected chi connectivity index (χ0v) is 15.3. The lowest BCUT2D eigenvalue weighted by Crippen LogP contribution is -2.22. The molecule has 0 saturated heterocycles. The number of fused-ring (bicyclic) bond motifs is 1. The van der Waals surface area contributed by atoms with Crippen LogP contribution in [0.5, 0.6) is 0 Å². The van der Waals surface area contributed by atoms with Crippen LogP contribution in [0.1, 0.15) is 16.2 Å². The third-order valence-electron chi connectivity index (χ3n) is 4.50. The number of amides is 1. The van der Waals surface area contributed by atoms with Crippen LogP contribution in [-0.4, -0.2) is 15.5 Å². The minimum Gasteiger partial charge on any atom is -0.322 e. The lowest BCUT2D eigenvalue weighted by Gasteiger charge is -2.13. The van der Waals surface area contributed by atoms with Crippen LogP contribution in [0, 0.1) is 18.6 Å². The Kier molecular flexibility index (Phi) is 4.64. The van der Waals surface area contributed by atoms with Gasteiger partial charge in [-0.25, -0.2) is 13.8 Å². The van der Waals surface area contributed by atoms with Gasteiger partial charge in [0.05, 0.1) is 16.6 Å². The molecule has 1 aromatic heterocycles. The summed E-state index contributed by atoms with van der Waals surface area (Å²) in [7, 11) is 0. The molecule has 0 aliphatic heterocycles. The lowest BCUT2D eigenvalue weighted by molar-refractivity contribution is 0.101. The highest BCUT2D eigenvalue weighted by atomic mass is 19.1. The Morgan fingerprint density at radius 1 is 0.966 bits per heavy atom. The molecule has 4 rings (SSSR count). The van der Waals surface area contributed by atoms with Gasteiger partial charge in [-0.15, -0.1) is 0 Å². The largest absolute Gasteiger partial charge is 0.322 e. The molecule has 0 aliphatic carbocycles. The molecule has 4 aromatic rings. The van der Waals surface area contributed by atoms with Crippen molar-refractivity contribution in [2.75, 3.05) is 5.32 Å². The van der Waals surface area contributed by atoms with Gasteiger partial charge < -0.3 is 5.32 Å². The summed E-state index contributed by atoms with van der Waals surface area (Å²) in [6.07, 6.45) is 0. The fraction of sp³-hybridized carbons (Fsp3) is 0.0455. The highest BCUT2D eigenvalue weighted by Gasteiger charge is 2.17. The van der Waals surface area contributed by atoms with E-state index in [1.807, 2.05) is 0 Å². The summed E-state index contributed by atoms with van der Waals surface area (Å²) in [4.78, 5) is 29.7. The first-order chi connectivity index (χ1) is 14.0. The number of aromatic nitrogens is 2. The number of aryl methyl sites for hydroxylation is 1. The summed E-state index contributed by atoms with van der Waals surface area (Å²) in [6, 6.07) is 16.6.